The standard InChI is InChI=1S/C28H32N2O2/c1-21-8-11-24(12-9-21)19-29-13-15-30(16-14-29)28(31)26-6-4-5-25(18-26)20-32-27-17-22(2)7-10-23(27)3/h4-12,17-18H,13-16,19-20H2,1-3H3. The topological polar surface area (TPSA) is 32.8 Å². The summed E-state index contributed by atoms with van der Waals surface area (Å²) in [6, 6.07) is 22.7. The van der Waals surface area contributed by atoms with Crippen molar-refractivity contribution in [2.45, 2.75) is 33.9 Å². The van der Waals surface area contributed by atoms with Crippen LogP contribution in [-0.2, 0) is 13.2 Å². The fourth-order valence-corrected chi connectivity index (χ4v) is 4.06. The minimum Gasteiger partial charge on any atom is -0.489 e. The van der Waals surface area contributed by atoms with E-state index < -0.39 is 0 Å². The summed E-state index contributed by atoms with van der Waals surface area (Å²) in [6.45, 7) is 10.9. The summed E-state index contributed by atoms with van der Waals surface area (Å²) < 4.78 is 6.03. The average molecular weight is 429 g/mol. The first-order chi connectivity index (χ1) is 15.5. The lowest BCUT2D eigenvalue weighted by Crippen LogP contribution is -2.48. The molecule has 0 radical (unpaired) electrons. The van der Waals surface area contributed by atoms with Crippen molar-refractivity contribution in [3.05, 3.63) is 100 Å². The van der Waals surface area contributed by atoms with Crippen molar-refractivity contribution in [3.8, 4) is 5.75 Å². The van der Waals surface area contributed by atoms with Crippen LogP contribution in [0.1, 0.15) is 38.2 Å². The number of rotatable bonds is 6. The Morgan fingerprint density at radius 3 is 2.28 bits per heavy atom. The summed E-state index contributed by atoms with van der Waals surface area (Å²) in [5, 5.41) is 0. The molecule has 0 bridgehead atoms. The molecule has 1 heterocycles. The Hall–Kier alpha value is -3.11. The maximum absolute atomic E-state index is 13.1. The Morgan fingerprint density at radius 1 is 0.812 bits per heavy atom. The van der Waals surface area contributed by atoms with Crippen LogP contribution in [0.4, 0.5) is 0 Å². The molecule has 0 aliphatic carbocycles. The van der Waals surface area contributed by atoms with Gasteiger partial charge in [-0.3, -0.25) is 9.69 Å². The Bertz CT molecular complexity index is 1070. The van der Waals surface area contributed by atoms with Crippen molar-refractivity contribution in [1.29, 1.82) is 0 Å². The van der Waals surface area contributed by atoms with Crippen molar-refractivity contribution < 1.29 is 9.53 Å². The van der Waals surface area contributed by atoms with Gasteiger partial charge in [0.05, 0.1) is 0 Å². The van der Waals surface area contributed by atoms with Gasteiger partial charge in [0.15, 0.2) is 0 Å². The fraction of sp³-hybridized carbons (Fsp3) is 0.321. The zero-order chi connectivity index (χ0) is 22.5. The number of nitrogens with zero attached hydrogens (tertiary/aromatic N) is 2. The molecule has 1 fully saturated rings. The molecule has 0 N–H and O–H groups in total. The molecule has 0 spiro atoms. The van der Waals surface area contributed by atoms with E-state index in [0.29, 0.717) is 6.61 Å². The number of benzene rings is 3. The molecule has 0 atom stereocenters. The number of hydrogen-bond donors (Lipinski definition) is 0. The molecule has 4 heteroatoms. The van der Waals surface area contributed by atoms with Crippen LogP contribution >= 0.6 is 0 Å². The zero-order valence-corrected chi connectivity index (χ0v) is 19.3. The van der Waals surface area contributed by atoms with E-state index in [4.69, 9.17) is 4.74 Å². The lowest BCUT2D eigenvalue weighted by molar-refractivity contribution is 0.0628. The SMILES string of the molecule is Cc1ccc(CN2CCN(C(=O)c3cccc(COc4cc(C)ccc4C)c3)CC2)cc1. The van der Waals surface area contributed by atoms with E-state index in [0.717, 1.165) is 55.2 Å². The van der Waals surface area contributed by atoms with Crippen LogP contribution < -0.4 is 4.74 Å². The molecule has 4 nitrogen and oxygen atoms in total. The number of carbonyl (C=O) groups is 1. The maximum Gasteiger partial charge on any atom is 0.253 e. The van der Waals surface area contributed by atoms with E-state index >= 15 is 0 Å². The first kappa shape index (κ1) is 22.1. The number of carbonyl (C=O) groups excluding carboxylic acids is 1. The second-order valence-electron chi connectivity index (χ2n) is 8.81. The van der Waals surface area contributed by atoms with Gasteiger partial charge in [0.2, 0.25) is 0 Å². The summed E-state index contributed by atoms with van der Waals surface area (Å²) >= 11 is 0. The molecule has 0 unspecified atom stereocenters. The monoisotopic (exact) mass is 428 g/mol. The van der Waals surface area contributed by atoms with Crippen molar-refractivity contribution in [3.63, 3.8) is 0 Å². The van der Waals surface area contributed by atoms with Crippen LogP contribution in [0, 0.1) is 20.8 Å². The van der Waals surface area contributed by atoms with Gasteiger partial charge in [0, 0.05) is 38.3 Å². The van der Waals surface area contributed by atoms with Crippen molar-refractivity contribution in [1.82, 2.24) is 9.80 Å². The van der Waals surface area contributed by atoms with Gasteiger partial charge < -0.3 is 9.64 Å². The fourth-order valence-electron chi connectivity index (χ4n) is 4.06. The molecule has 1 aliphatic rings. The molecule has 0 saturated carbocycles. The lowest BCUT2D eigenvalue weighted by Gasteiger charge is -2.35. The Kier molecular flexibility index (Phi) is 6.91. The summed E-state index contributed by atoms with van der Waals surface area (Å²) in [6.07, 6.45) is 0. The molecule has 166 valence electrons. The van der Waals surface area contributed by atoms with Crippen LogP contribution in [0.15, 0.2) is 66.7 Å². The second kappa shape index (κ2) is 10.0. The van der Waals surface area contributed by atoms with Crippen molar-refractivity contribution in [2.75, 3.05) is 26.2 Å². The average Bonchev–Trinajstić information content (AvgIpc) is 2.81. The molecule has 3 aromatic carbocycles. The molecule has 3 aromatic rings. The van der Waals surface area contributed by atoms with E-state index in [1.807, 2.05) is 36.1 Å². The predicted octanol–water partition coefficient (Wildman–Crippen LogP) is 5.15. The first-order valence-corrected chi connectivity index (χ1v) is 11.3. The number of piperazine rings is 1. The summed E-state index contributed by atoms with van der Waals surface area (Å²) in [7, 11) is 0. The summed E-state index contributed by atoms with van der Waals surface area (Å²) in [5.41, 5.74) is 6.65. The highest BCUT2D eigenvalue weighted by atomic mass is 16.5. The van der Waals surface area contributed by atoms with E-state index in [1.165, 1.54) is 16.7 Å². The van der Waals surface area contributed by atoms with E-state index in [-0.39, 0.29) is 5.91 Å². The number of aryl methyl sites for hydroxylation is 3. The number of ether oxygens (including phenoxy) is 1. The highest BCUT2D eigenvalue weighted by Crippen LogP contribution is 2.21. The molecular weight excluding hydrogens is 396 g/mol. The van der Waals surface area contributed by atoms with Gasteiger partial charge in [-0.15, -0.1) is 0 Å². The molecule has 32 heavy (non-hydrogen) atoms. The van der Waals surface area contributed by atoms with Gasteiger partial charge in [-0.05, 0) is 61.2 Å². The quantitative estimate of drug-likeness (QED) is 0.544. The van der Waals surface area contributed by atoms with Crippen LogP contribution in [0.25, 0.3) is 0 Å². The predicted molar refractivity (Wildman–Crippen MR) is 129 cm³/mol. The van der Waals surface area contributed by atoms with Crippen LogP contribution in [-0.4, -0.2) is 41.9 Å². The minimum atomic E-state index is 0.105. The molecule has 1 saturated heterocycles. The maximum atomic E-state index is 13.1. The number of amides is 1. The van der Waals surface area contributed by atoms with E-state index in [1.54, 1.807) is 0 Å². The van der Waals surface area contributed by atoms with Crippen molar-refractivity contribution in [2.24, 2.45) is 0 Å². The van der Waals surface area contributed by atoms with E-state index in [9.17, 15) is 4.79 Å². The lowest BCUT2D eigenvalue weighted by atomic mass is 10.1. The Balaban J connectivity index is 1.32. The number of hydrogen-bond acceptors (Lipinski definition) is 3. The van der Waals surface area contributed by atoms with Gasteiger partial charge in [-0.2, -0.15) is 0 Å². The van der Waals surface area contributed by atoms with Gasteiger partial charge in [0.1, 0.15) is 12.4 Å². The third kappa shape index (κ3) is 5.57. The van der Waals surface area contributed by atoms with Crippen molar-refractivity contribution >= 4 is 5.91 Å². The molecule has 0 aromatic heterocycles. The van der Waals surface area contributed by atoms with Gasteiger partial charge in [0.25, 0.3) is 5.91 Å². The highest BCUT2D eigenvalue weighted by molar-refractivity contribution is 5.94. The molecular formula is C28H32N2O2. The van der Waals surface area contributed by atoms with Gasteiger partial charge in [-0.1, -0.05) is 54.1 Å². The zero-order valence-electron chi connectivity index (χ0n) is 19.3. The largest absolute Gasteiger partial charge is 0.489 e. The summed E-state index contributed by atoms with van der Waals surface area (Å²) in [5.74, 6) is 1.00. The molecule has 1 aliphatic heterocycles. The first-order valence-electron chi connectivity index (χ1n) is 11.3. The van der Waals surface area contributed by atoms with Gasteiger partial charge >= 0.3 is 0 Å². The Morgan fingerprint density at radius 2 is 1.53 bits per heavy atom. The van der Waals surface area contributed by atoms with Gasteiger partial charge in [-0.25, -0.2) is 0 Å². The molecule has 4 rings (SSSR count). The van der Waals surface area contributed by atoms with Crippen LogP contribution in [0.3, 0.4) is 0 Å². The van der Waals surface area contributed by atoms with Crippen LogP contribution in [0.2, 0.25) is 0 Å². The smallest absolute Gasteiger partial charge is 0.253 e. The third-order valence-electron chi connectivity index (χ3n) is 6.10. The summed E-state index contributed by atoms with van der Waals surface area (Å²) in [4.78, 5) is 17.5. The molecule has 1 amide bonds. The van der Waals surface area contributed by atoms with E-state index in [2.05, 4.69) is 61.2 Å². The second-order valence-corrected chi connectivity index (χ2v) is 8.81. The third-order valence-corrected chi connectivity index (χ3v) is 6.10. The highest BCUT2D eigenvalue weighted by Gasteiger charge is 2.22. The van der Waals surface area contributed by atoms with Crippen LogP contribution in [0.5, 0.6) is 5.75 Å². The normalized spacial score (nSPS) is 14.4. The minimum absolute atomic E-state index is 0.105. The Labute approximate surface area is 191 Å².